The van der Waals surface area contributed by atoms with E-state index in [0.29, 0.717) is 6.42 Å². The van der Waals surface area contributed by atoms with Crippen LogP contribution in [0.5, 0.6) is 0 Å². The van der Waals surface area contributed by atoms with Crippen LogP contribution in [0, 0.1) is 0 Å². The molecule has 2 aromatic rings. The van der Waals surface area contributed by atoms with Gasteiger partial charge in [-0.15, -0.1) is 0 Å². The van der Waals surface area contributed by atoms with Crippen molar-refractivity contribution in [1.82, 2.24) is 9.88 Å². The monoisotopic (exact) mass is 258 g/mol. The summed E-state index contributed by atoms with van der Waals surface area (Å²) in [6, 6.07) is 10.1. The van der Waals surface area contributed by atoms with E-state index in [0.717, 1.165) is 24.0 Å². The zero-order valence-corrected chi connectivity index (χ0v) is 11.0. The number of pyridine rings is 1. The third-order valence-corrected chi connectivity index (χ3v) is 3.09. The number of hydrogen-bond acceptors (Lipinski definition) is 3. The van der Waals surface area contributed by atoms with Crippen LogP contribution in [0.3, 0.4) is 0 Å². The Kier molecular flexibility index (Phi) is 4.47. The zero-order chi connectivity index (χ0) is 13.7. The summed E-state index contributed by atoms with van der Waals surface area (Å²) in [4.78, 5) is 17.0. The molecule has 0 aliphatic rings. The molecular weight excluding hydrogens is 240 g/mol. The van der Waals surface area contributed by atoms with E-state index in [1.165, 1.54) is 5.56 Å². The van der Waals surface area contributed by atoms with Crippen molar-refractivity contribution in [3.63, 3.8) is 0 Å². The molecule has 0 aliphatic carbocycles. The molecule has 2 rings (SSSR count). The van der Waals surface area contributed by atoms with Gasteiger partial charge >= 0.3 is 5.97 Å². The summed E-state index contributed by atoms with van der Waals surface area (Å²) in [7, 11) is 2.00. The molecule has 1 heterocycles. The maximum absolute atomic E-state index is 10.5. The molecule has 0 bridgehead atoms. The van der Waals surface area contributed by atoms with Crippen molar-refractivity contribution >= 4 is 16.9 Å². The first-order valence-corrected chi connectivity index (χ1v) is 6.40. The smallest absolute Gasteiger partial charge is 0.303 e. The van der Waals surface area contributed by atoms with Gasteiger partial charge in [0.15, 0.2) is 0 Å². The predicted molar refractivity (Wildman–Crippen MR) is 74.9 cm³/mol. The molecule has 1 N–H and O–H groups in total. The van der Waals surface area contributed by atoms with Crippen LogP contribution in [-0.4, -0.2) is 34.6 Å². The van der Waals surface area contributed by atoms with Crippen molar-refractivity contribution in [2.75, 3.05) is 13.6 Å². The lowest BCUT2D eigenvalue weighted by molar-refractivity contribution is -0.137. The molecule has 1 aromatic heterocycles. The van der Waals surface area contributed by atoms with Crippen molar-refractivity contribution in [3.8, 4) is 0 Å². The zero-order valence-electron chi connectivity index (χ0n) is 11.0. The van der Waals surface area contributed by atoms with Gasteiger partial charge in [0.05, 0.1) is 5.52 Å². The molecule has 0 aliphatic heterocycles. The van der Waals surface area contributed by atoms with E-state index >= 15 is 0 Å². The van der Waals surface area contributed by atoms with Crippen LogP contribution in [0.15, 0.2) is 36.5 Å². The third kappa shape index (κ3) is 3.76. The molecule has 4 heteroatoms. The van der Waals surface area contributed by atoms with Crippen LogP contribution >= 0.6 is 0 Å². The predicted octanol–water partition coefficient (Wildman–Crippen LogP) is 2.53. The lowest BCUT2D eigenvalue weighted by atomic mass is 10.1. The van der Waals surface area contributed by atoms with Gasteiger partial charge in [-0.05, 0) is 31.6 Å². The van der Waals surface area contributed by atoms with Crippen LogP contribution in [0.25, 0.3) is 10.9 Å². The van der Waals surface area contributed by atoms with Crippen molar-refractivity contribution in [1.29, 1.82) is 0 Å². The maximum Gasteiger partial charge on any atom is 0.303 e. The number of para-hydroxylation sites is 1. The SMILES string of the molecule is CN(CCCC(=O)O)Cc1cccc2cccnc12. The second kappa shape index (κ2) is 6.29. The van der Waals surface area contributed by atoms with Gasteiger partial charge < -0.3 is 10.0 Å². The fourth-order valence-electron chi connectivity index (χ4n) is 2.17. The van der Waals surface area contributed by atoms with Gasteiger partial charge in [-0.1, -0.05) is 24.3 Å². The molecule has 0 saturated heterocycles. The lowest BCUT2D eigenvalue weighted by Gasteiger charge is -2.17. The van der Waals surface area contributed by atoms with Gasteiger partial charge in [0.1, 0.15) is 0 Å². The van der Waals surface area contributed by atoms with Crippen LogP contribution in [0.4, 0.5) is 0 Å². The third-order valence-electron chi connectivity index (χ3n) is 3.09. The second-order valence-electron chi connectivity index (χ2n) is 4.73. The number of fused-ring (bicyclic) bond motifs is 1. The van der Waals surface area contributed by atoms with Crippen LogP contribution in [-0.2, 0) is 11.3 Å². The topological polar surface area (TPSA) is 53.4 Å². The van der Waals surface area contributed by atoms with Crippen molar-refractivity contribution in [2.24, 2.45) is 0 Å². The highest BCUT2D eigenvalue weighted by Gasteiger charge is 2.06. The quantitative estimate of drug-likeness (QED) is 0.865. The molecule has 1 aromatic carbocycles. The maximum atomic E-state index is 10.5. The molecule has 100 valence electrons. The Hall–Kier alpha value is -1.94. The Morgan fingerprint density at radius 3 is 2.89 bits per heavy atom. The summed E-state index contributed by atoms with van der Waals surface area (Å²) in [5, 5.41) is 9.77. The van der Waals surface area contributed by atoms with E-state index in [2.05, 4.69) is 28.1 Å². The lowest BCUT2D eigenvalue weighted by Crippen LogP contribution is -2.20. The average molecular weight is 258 g/mol. The molecular formula is C15H18N2O2. The minimum absolute atomic E-state index is 0.220. The van der Waals surface area contributed by atoms with Crippen LogP contribution in [0.1, 0.15) is 18.4 Å². The summed E-state index contributed by atoms with van der Waals surface area (Å²) in [5.41, 5.74) is 2.20. The molecule has 0 radical (unpaired) electrons. The van der Waals surface area contributed by atoms with Crippen molar-refractivity contribution < 1.29 is 9.90 Å². The summed E-state index contributed by atoms with van der Waals surface area (Å²) in [5.74, 6) is -0.736. The molecule has 0 saturated carbocycles. The Labute approximate surface area is 112 Å². The second-order valence-corrected chi connectivity index (χ2v) is 4.73. The molecule has 0 unspecified atom stereocenters. The number of aromatic nitrogens is 1. The summed E-state index contributed by atoms with van der Waals surface area (Å²) < 4.78 is 0. The molecule has 0 amide bonds. The Balaban J connectivity index is 2.02. The molecule has 4 nitrogen and oxygen atoms in total. The minimum atomic E-state index is -0.736. The molecule has 0 fully saturated rings. The average Bonchev–Trinajstić information content (AvgIpc) is 2.39. The van der Waals surface area contributed by atoms with Crippen LogP contribution < -0.4 is 0 Å². The number of carboxylic acid groups (broad SMARTS) is 1. The van der Waals surface area contributed by atoms with Gasteiger partial charge in [0, 0.05) is 24.5 Å². The summed E-state index contributed by atoms with van der Waals surface area (Å²) in [6.07, 6.45) is 2.69. The summed E-state index contributed by atoms with van der Waals surface area (Å²) >= 11 is 0. The van der Waals surface area contributed by atoms with Crippen molar-refractivity contribution in [3.05, 3.63) is 42.1 Å². The molecule has 0 spiro atoms. The first kappa shape index (κ1) is 13.5. The number of carbonyl (C=O) groups is 1. The minimum Gasteiger partial charge on any atom is -0.481 e. The number of carboxylic acids is 1. The van der Waals surface area contributed by atoms with Gasteiger partial charge in [-0.3, -0.25) is 9.78 Å². The normalized spacial score (nSPS) is 11.1. The standard InChI is InChI=1S/C15H18N2O2/c1-17(10-4-8-14(18)19)11-13-6-2-5-12-7-3-9-16-15(12)13/h2-3,5-7,9H,4,8,10-11H2,1H3,(H,18,19). The largest absolute Gasteiger partial charge is 0.481 e. The first-order chi connectivity index (χ1) is 9.16. The van der Waals surface area contributed by atoms with Gasteiger partial charge in [-0.2, -0.15) is 0 Å². The number of hydrogen-bond donors (Lipinski definition) is 1. The number of benzene rings is 1. The fraction of sp³-hybridized carbons (Fsp3) is 0.333. The highest BCUT2D eigenvalue weighted by Crippen LogP contribution is 2.17. The molecule has 0 atom stereocenters. The van der Waals surface area contributed by atoms with Gasteiger partial charge in [0.2, 0.25) is 0 Å². The van der Waals surface area contributed by atoms with Crippen LogP contribution in [0.2, 0.25) is 0 Å². The highest BCUT2D eigenvalue weighted by molar-refractivity contribution is 5.81. The number of rotatable bonds is 6. The van der Waals surface area contributed by atoms with E-state index in [9.17, 15) is 4.79 Å². The first-order valence-electron chi connectivity index (χ1n) is 6.40. The van der Waals surface area contributed by atoms with E-state index in [4.69, 9.17) is 5.11 Å². The Bertz CT molecular complexity index is 564. The van der Waals surface area contributed by atoms with E-state index in [1.54, 1.807) is 6.20 Å². The van der Waals surface area contributed by atoms with E-state index in [-0.39, 0.29) is 6.42 Å². The van der Waals surface area contributed by atoms with Gasteiger partial charge in [-0.25, -0.2) is 0 Å². The fourth-order valence-corrected chi connectivity index (χ4v) is 2.17. The van der Waals surface area contributed by atoms with Gasteiger partial charge in [0.25, 0.3) is 0 Å². The molecule has 19 heavy (non-hydrogen) atoms. The highest BCUT2D eigenvalue weighted by atomic mass is 16.4. The number of nitrogens with zero attached hydrogens (tertiary/aromatic N) is 2. The Morgan fingerprint density at radius 1 is 1.32 bits per heavy atom. The number of aliphatic carboxylic acids is 1. The van der Waals surface area contributed by atoms with E-state index in [1.807, 2.05) is 19.2 Å². The Morgan fingerprint density at radius 2 is 2.11 bits per heavy atom. The summed E-state index contributed by atoms with van der Waals surface area (Å²) in [6.45, 7) is 1.56. The van der Waals surface area contributed by atoms with Crippen molar-refractivity contribution in [2.45, 2.75) is 19.4 Å². The van der Waals surface area contributed by atoms with E-state index < -0.39 is 5.97 Å².